The molecule has 0 saturated heterocycles. The molecule has 4 atom stereocenters. The number of carboxylic acid groups (broad SMARTS) is 3. The van der Waals surface area contributed by atoms with Crippen LogP contribution in [-0.4, -0.2) is 72.5 Å². The Morgan fingerprint density at radius 1 is 0.481 bits per heavy atom. The zero-order valence-electron chi connectivity index (χ0n) is 14.5. The molecule has 12 heteroatoms. The van der Waals surface area contributed by atoms with Crippen molar-refractivity contribution in [1.82, 2.24) is 0 Å². The number of rotatable bonds is 6. The van der Waals surface area contributed by atoms with Gasteiger partial charge in [0.25, 0.3) is 0 Å². The first-order valence-electron chi connectivity index (χ1n) is 7.46. The Labute approximate surface area is 152 Å². The highest BCUT2D eigenvalue weighted by Gasteiger charge is 2.65. The SMILES string of the molecule is COC(=O)C1C(C(=O)O)C(C(=O)O)C(C(=O)O)C(C(=O)OC)C1C(=O)OC. The van der Waals surface area contributed by atoms with Crippen molar-refractivity contribution in [3.8, 4) is 0 Å². The molecule has 0 spiro atoms. The standard InChI is InChI=1S/C15H18O12/c1-25-13(22)7-5(11(18)19)4(10(16)17)6(12(20)21)8(14(23)26-2)9(7)15(24)27-3/h4-9H,1-3H3,(H,16,17)(H,18,19)(H,20,21). The third-order valence-corrected chi connectivity index (χ3v) is 4.60. The summed E-state index contributed by atoms with van der Waals surface area (Å²) >= 11 is 0. The quantitative estimate of drug-likeness (QED) is 0.351. The van der Waals surface area contributed by atoms with E-state index in [4.69, 9.17) is 0 Å². The third-order valence-electron chi connectivity index (χ3n) is 4.60. The summed E-state index contributed by atoms with van der Waals surface area (Å²) in [4.78, 5) is 71.9. The van der Waals surface area contributed by atoms with Crippen molar-refractivity contribution in [3.63, 3.8) is 0 Å². The minimum atomic E-state index is -2.21. The van der Waals surface area contributed by atoms with Crippen molar-refractivity contribution < 1.29 is 58.3 Å². The van der Waals surface area contributed by atoms with Gasteiger partial charge < -0.3 is 29.5 Å². The molecule has 4 unspecified atom stereocenters. The number of aliphatic carboxylic acids is 3. The van der Waals surface area contributed by atoms with Crippen molar-refractivity contribution in [2.75, 3.05) is 21.3 Å². The normalized spacial score (nSPS) is 29.9. The molecule has 1 saturated carbocycles. The Bertz CT molecular complexity index is 626. The first-order valence-corrected chi connectivity index (χ1v) is 7.46. The topological polar surface area (TPSA) is 191 Å². The summed E-state index contributed by atoms with van der Waals surface area (Å²) in [7, 11) is 2.60. The third kappa shape index (κ3) is 3.83. The van der Waals surface area contributed by atoms with Crippen LogP contribution < -0.4 is 0 Å². The number of carboxylic acids is 3. The Kier molecular flexibility index (Phi) is 6.86. The van der Waals surface area contributed by atoms with E-state index in [9.17, 15) is 44.1 Å². The molecule has 12 nitrogen and oxygen atoms in total. The van der Waals surface area contributed by atoms with Crippen molar-refractivity contribution >= 4 is 35.8 Å². The monoisotopic (exact) mass is 390 g/mol. The maximum absolute atomic E-state index is 12.3. The van der Waals surface area contributed by atoms with Crippen LogP contribution in [0.15, 0.2) is 0 Å². The van der Waals surface area contributed by atoms with Crippen LogP contribution in [0.4, 0.5) is 0 Å². The summed E-state index contributed by atoms with van der Waals surface area (Å²) in [6, 6.07) is 0. The molecule has 0 heterocycles. The van der Waals surface area contributed by atoms with E-state index in [-0.39, 0.29) is 0 Å². The lowest BCUT2D eigenvalue weighted by molar-refractivity contribution is -0.194. The van der Waals surface area contributed by atoms with Gasteiger partial charge in [-0.3, -0.25) is 28.8 Å². The lowest BCUT2D eigenvalue weighted by atomic mass is 9.56. The molecule has 0 radical (unpaired) electrons. The fraction of sp³-hybridized carbons (Fsp3) is 0.600. The number of methoxy groups -OCH3 is 3. The van der Waals surface area contributed by atoms with Crippen molar-refractivity contribution in [2.24, 2.45) is 35.5 Å². The lowest BCUT2D eigenvalue weighted by Gasteiger charge is -2.43. The minimum absolute atomic E-state index is 0.863. The Balaban J connectivity index is 3.86. The second-order valence-corrected chi connectivity index (χ2v) is 5.74. The van der Waals surface area contributed by atoms with Crippen LogP contribution in [0.2, 0.25) is 0 Å². The Morgan fingerprint density at radius 2 is 0.667 bits per heavy atom. The van der Waals surface area contributed by atoms with Gasteiger partial charge in [-0.25, -0.2) is 0 Å². The van der Waals surface area contributed by atoms with Gasteiger partial charge in [-0.1, -0.05) is 0 Å². The summed E-state index contributed by atoms with van der Waals surface area (Å²) in [5, 5.41) is 28.4. The van der Waals surface area contributed by atoms with Crippen molar-refractivity contribution in [2.45, 2.75) is 0 Å². The molecule has 0 aromatic carbocycles. The van der Waals surface area contributed by atoms with Gasteiger partial charge >= 0.3 is 35.8 Å². The Hall–Kier alpha value is -3.18. The summed E-state index contributed by atoms with van der Waals surface area (Å²) in [6.45, 7) is 0. The molecule has 1 rings (SSSR count). The summed E-state index contributed by atoms with van der Waals surface area (Å²) in [5.74, 6) is -21.9. The second-order valence-electron chi connectivity index (χ2n) is 5.74. The number of carbonyl (C=O) groups is 6. The first kappa shape index (κ1) is 21.9. The highest BCUT2D eigenvalue weighted by Crippen LogP contribution is 2.48. The van der Waals surface area contributed by atoms with Crippen LogP contribution >= 0.6 is 0 Å². The highest BCUT2D eigenvalue weighted by atomic mass is 16.5. The Morgan fingerprint density at radius 3 is 0.852 bits per heavy atom. The van der Waals surface area contributed by atoms with E-state index in [2.05, 4.69) is 14.2 Å². The summed E-state index contributed by atoms with van der Waals surface area (Å²) in [6.07, 6.45) is 0. The van der Waals surface area contributed by atoms with Gasteiger partial charge in [0.05, 0.1) is 56.8 Å². The number of ether oxygens (including phenoxy) is 3. The number of carbonyl (C=O) groups excluding carboxylic acids is 3. The van der Waals surface area contributed by atoms with Gasteiger partial charge in [-0.05, 0) is 0 Å². The zero-order valence-corrected chi connectivity index (χ0v) is 14.5. The maximum Gasteiger partial charge on any atom is 0.310 e. The van der Waals surface area contributed by atoms with E-state index < -0.39 is 71.3 Å². The molecule has 150 valence electrons. The van der Waals surface area contributed by atoms with Gasteiger partial charge in [-0.2, -0.15) is 0 Å². The van der Waals surface area contributed by atoms with Gasteiger partial charge in [-0.15, -0.1) is 0 Å². The van der Waals surface area contributed by atoms with E-state index in [1.165, 1.54) is 0 Å². The van der Waals surface area contributed by atoms with E-state index in [0.717, 1.165) is 21.3 Å². The lowest BCUT2D eigenvalue weighted by Crippen LogP contribution is -2.60. The molecular formula is C15H18O12. The molecule has 1 aliphatic carbocycles. The van der Waals surface area contributed by atoms with Gasteiger partial charge in [0.1, 0.15) is 0 Å². The molecule has 3 N–H and O–H groups in total. The maximum atomic E-state index is 12.3. The fourth-order valence-electron chi connectivity index (χ4n) is 3.55. The van der Waals surface area contributed by atoms with E-state index in [1.54, 1.807) is 0 Å². The molecule has 0 aromatic rings. The van der Waals surface area contributed by atoms with Crippen LogP contribution in [-0.2, 0) is 43.0 Å². The predicted molar refractivity (Wildman–Crippen MR) is 79.9 cm³/mol. The molecule has 0 bridgehead atoms. The second kappa shape index (κ2) is 8.47. The number of esters is 3. The molecule has 1 aliphatic rings. The first-order chi connectivity index (χ1) is 12.5. The van der Waals surface area contributed by atoms with Crippen LogP contribution in [0, 0.1) is 35.5 Å². The van der Waals surface area contributed by atoms with Crippen LogP contribution in [0.25, 0.3) is 0 Å². The smallest absolute Gasteiger partial charge is 0.310 e. The molecule has 0 amide bonds. The summed E-state index contributed by atoms with van der Waals surface area (Å²) in [5.41, 5.74) is 0. The molecule has 0 aliphatic heterocycles. The predicted octanol–water partition coefficient (Wildman–Crippen LogP) is -1.53. The molecule has 0 aromatic heterocycles. The average molecular weight is 390 g/mol. The molecule has 1 fully saturated rings. The van der Waals surface area contributed by atoms with Gasteiger partial charge in [0.2, 0.25) is 0 Å². The van der Waals surface area contributed by atoms with Crippen LogP contribution in [0.1, 0.15) is 0 Å². The summed E-state index contributed by atoms with van der Waals surface area (Å²) < 4.78 is 13.5. The van der Waals surface area contributed by atoms with Crippen LogP contribution in [0.5, 0.6) is 0 Å². The van der Waals surface area contributed by atoms with Gasteiger partial charge in [0.15, 0.2) is 0 Å². The van der Waals surface area contributed by atoms with Crippen molar-refractivity contribution in [3.05, 3.63) is 0 Å². The largest absolute Gasteiger partial charge is 0.481 e. The van der Waals surface area contributed by atoms with E-state index >= 15 is 0 Å². The minimum Gasteiger partial charge on any atom is -0.481 e. The van der Waals surface area contributed by atoms with Crippen LogP contribution in [0.3, 0.4) is 0 Å². The van der Waals surface area contributed by atoms with Gasteiger partial charge in [0, 0.05) is 0 Å². The average Bonchev–Trinajstić information content (AvgIpc) is 2.62. The zero-order chi connectivity index (χ0) is 21.0. The van der Waals surface area contributed by atoms with E-state index in [1.807, 2.05) is 0 Å². The molecular weight excluding hydrogens is 372 g/mol. The number of hydrogen-bond donors (Lipinski definition) is 3. The fourth-order valence-corrected chi connectivity index (χ4v) is 3.55. The van der Waals surface area contributed by atoms with Crippen molar-refractivity contribution in [1.29, 1.82) is 0 Å². The highest BCUT2D eigenvalue weighted by molar-refractivity contribution is 5.97. The van der Waals surface area contributed by atoms with E-state index in [0.29, 0.717) is 0 Å². The molecule has 27 heavy (non-hydrogen) atoms. The number of hydrogen-bond acceptors (Lipinski definition) is 9.